The zero-order chi connectivity index (χ0) is 25.2. The molecule has 1 aliphatic rings. The van der Waals surface area contributed by atoms with Gasteiger partial charge in [-0.2, -0.15) is 10.1 Å². The van der Waals surface area contributed by atoms with Gasteiger partial charge in [0.05, 0.1) is 18.5 Å². The topological polar surface area (TPSA) is 63.5 Å². The van der Waals surface area contributed by atoms with Gasteiger partial charge >= 0.3 is 0 Å². The van der Waals surface area contributed by atoms with Crippen LogP contribution in [0, 0.1) is 19.7 Å². The Morgan fingerprint density at radius 2 is 1.72 bits per heavy atom. The SMILES string of the molecule is COc1nc2c(c(C)nn2-c2cccc(F)c2)c(C)c1CCC(=O)N1CCN(c2ccccc2)CC1. The average Bonchev–Trinajstić information content (AvgIpc) is 3.24. The smallest absolute Gasteiger partial charge is 0.223 e. The molecule has 0 spiro atoms. The molecule has 0 saturated carbocycles. The zero-order valence-corrected chi connectivity index (χ0v) is 20.9. The number of piperazine rings is 1. The molecule has 1 fully saturated rings. The molecule has 0 unspecified atom stereocenters. The highest BCUT2D eigenvalue weighted by Gasteiger charge is 2.24. The minimum atomic E-state index is -0.336. The lowest BCUT2D eigenvalue weighted by Gasteiger charge is -2.36. The van der Waals surface area contributed by atoms with Crippen LogP contribution in [0.2, 0.25) is 0 Å². The van der Waals surface area contributed by atoms with Crippen molar-refractivity contribution in [2.24, 2.45) is 0 Å². The summed E-state index contributed by atoms with van der Waals surface area (Å²) in [6, 6.07) is 16.6. The summed E-state index contributed by atoms with van der Waals surface area (Å²) in [6.45, 7) is 6.99. The molecule has 0 atom stereocenters. The Hall–Kier alpha value is -3.94. The second kappa shape index (κ2) is 9.97. The van der Waals surface area contributed by atoms with Crippen LogP contribution < -0.4 is 9.64 Å². The first kappa shape index (κ1) is 23.8. The highest BCUT2D eigenvalue weighted by Crippen LogP contribution is 2.32. The normalized spacial score (nSPS) is 13.9. The van der Waals surface area contributed by atoms with Crippen molar-refractivity contribution in [1.82, 2.24) is 19.7 Å². The lowest BCUT2D eigenvalue weighted by atomic mass is 10.0. The van der Waals surface area contributed by atoms with Gasteiger partial charge in [0, 0.05) is 49.2 Å². The van der Waals surface area contributed by atoms with Crippen molar-refractivity contribution >= 4 is 22.6 Å². The fraction of sp³-hybridized carbons (Fsp3) is 0.321. The number of hydrogen-bond donors (Lipinski definition) is 0. The van der Waals surface area contributed by atoms with Crippen molar-refractivity contribution in [3.8, 4) is 11.6 Å². The molecule has 2 aromatic carbocycles. The molecule has 0 N–H and O–H groups in total. The van der Waals surface area contributed by atoms with Gasteiger partial charge in [-0.1, -0.05) is 24.3 Å². The minimum Gasteiger partial charge on any atom is -0.481 e. The number of carbonyl (C=O) groups excluding carboxylic acids is 1. The van der Waals surface area contributed by atoms with Crippen molar-refractivity contribution in [3.05, 3.63) is 77.2 Å². The van der Waals surface area contributed by atoms with Crippen LogP contribution in [0.25, 0.3) is 16.7 Å². The third-order valence-electron chi connectivity index (χ3n) is 6.92. The second-order valence-corrected chi connectivity index (χ2v) is 9.10. The van der Waals surface area contributed by atoms with E-state index >= 15 is 0 Å². The molecule has 186 valence electrons. The number of para-hydroxylation sites is 1. The van der Waals surface area contributed by atoms with Crippen LogP contribution in [-0.2, 0) is 11.2 Å². The molecule has 3 heterocycles. The van der Waals surface area contributed by atoms with Gasteiger partial charge in [0.15, 0.2) is 5.65 Å². The molecule has 0 bridgehead atoms. The van der Waals surface area contributed by atoms with Gasteiger partial charge < -0.3 is 14.5 Å². The maximum atomic E-state index is 13.9. The molecule has 5 rings (SSSR count). The van der Waals surface area contributed by atoms with Crippen molar-refractivity contribution in [3.63, 3.8) is 0 Å². The Balaban J connectivity index is 1.34. The lowest BCUT2D eigenvalue weighted by molar-refractivity contribution is -0.131. The number of aryl methyl sites for hydroxylation is 2. The Morgan fingerprint density at radius 3 is 2.42 bits per heavy atom. The van der Waals surface area contributed by atoms with E-state index in [4.69, 9.17) is 9.72 Å². The van der Waals surface area contributed by atoms with Crippen LogP contribution >= 0.6 is 0 Å². The number of nitrogens with zero attached hydrogens (tertiary/aromatic N) is 5. The number of hydrogen-bond acceptors (Lipinski definition) is 5. The number of benzene rings is 2. The molecular weight excluding hydrogens is 457 g/mol. The van der Waals surface area contributed by atoms with Gasteiger partial charge in [0.1, 0.15) is 5.82 Å². The molecule has 1 amide bonds. The van der Waals surface area contributed by atoms with E-state index < -0.39 is 0 Å². The molecular formula is C28H30FN5O2. The van der Waals surface area contributed by atoms with Crippen molar-refractivity contribution < 1.29 is 13.9 Å². The number of carbonyl (C=O) groups is 1. The third-order valence-corrected chi connectivity index (χ3v) is 6.92. The lowest BCUT2D eigenvalue weighted by Crippen LogP contribution is -2.48. The van der Waals surface area contributed by atoms with Crippen LogP contribution in [0.3, 0.4) is 0 Å². The molecule has 0 radical (unpaired) electrons. The highest BCUT2D eigenvalue weighted by molar-refractivity contribution is 5.86. The van der Waals surface area contributed by atoms with E-state index in [1.807, 2.05) is 36.9 Å². The zero-order valence-electron chi connectivity index (χ0n) is 20.9. The number of anilines is 1. The monoisotopic (exact) mass is 487 g/mol. The first-order chi connectivity index (χ1) is 17.5. The van der Waals surface area contributed by atoms with Crippen molar-refractivity contribution in [2.45, 2.75) is 26.7 Å². The van der Waals surface area contributed by atoms with Crippen LogP contribution in [0.1, 0.15) is 23.2 Å². The highest BCUT2D eigenvalue weighted by atomic mass is 19.1. The minimum absolute atomic E-state index is 0.136. The fourth-order valence-electron chi connectivity index (χ4n) is 5.03. The number of pyridine rings is 1. The van der Waals surface area contributed by atoms with E-state index in [1.165, 1.54) is 17.8 Å². The summed E-state index contributed by atoms with van der Waals surface area (Å²) in [6.07, 6.45) is 0.910. The van der Waals surface area contributed by atoms with Gasteiger partial charge in [-0.15, -0.1) is 0 Å². The van der Waals surface area contributed by atoms with Crippen LogP contribution in [0.5, 0.6) is 5.88 Å². The number of fused-ring (bicyclic) bond motifs is 1. The maximum absolute atomic E-state index is 13.9. The number of amides is 1. The first-order valence-corrected chi connectivity index (χ1v) is 12.2. The van der Waals surface area contributed by atoms with E-state index in [2.05, 4.69) is 22.1 Å². The average molecular weight is 488 g/mol. The van der Waals surface area contributed by atoms with Gasteiger partial charge in [0.25, 0.3) is 0 Å². The quantitative estimate of drug-likeness (QED) is 0.402. The van der Waals surface area contributed by atoms with Crippen molar-refractivity contribution in [1.29, 1.82) is 0 Å². The van der Waals surface area contributed by atoms with Gasteiger partial charge in [-0.25, -0.2) is 9.07 Å². The van der Waals surface area contributed by atoms with Crippen LogP contribution in [0.15, 0.2) is 54.6 Å². The van der Waals surface area contributed by atoms with Gasteiger partial charge in [-0.3, -0.25) is 4.79 Å². The van der Waals surface area contributed by atoms with Crippen LogP contribution in [0.4, 0.5) is 10.1 Å². The standard InChI is InChI=1S/C28H30FN5O2/c1-19-24(12-13-25(35)33-16-14-32(15-17-33)22-9-5-4-6-10-22)28(36-3)30-27-26(19)20(2)31-34(27)23-11-7-8-21(29)18-23/h4-11,18H,12-17H2,1-3H3. The molecule has 4 aromatic rings. The summed E-state index contributed by atoms with van der Waals surface area (Å²) in [5.74, 6) is 0.271. The van der Waals surface area contributed by atoms with E-state index in [-0.39, 0.29) is 11.7 Å². The summed E-state index contributed by atoms with van der Waals surface area (Å²) >= 11 is 0. The Morgan fingerprint density at radius 1 is 1.00 bits per heavy atom. The van der Waals surface area contributed by atoms with E-state index in [0.29, 0.717) is 43.1 Å². The molecule has 0 aliphatic carbocycles. The molecule has 1 aliphatic heterocycles. The largest absolute Gasteiger partial charge is 0.481 e. The van der Waals surface area contributed by atoms with Crippen molar-refractivity contribution in [2.75, 3.05) is 38.2 Å². The number of rotatable bonds is 6. The molecule has 1 saturated heterocycles. The second-order valence-electron chi connectivity index (χ2n) is 9.10. The van der Waals surface area contributed by atoms with E-state index in [9.17, 15) is 9.18 Å². The molecule has 2 aromatic heterocycles. The molecule has 8 heteroatoms. The van der Waals surface area contributed by atoms with Gasteiger partial charge in [0.2, 0.25) is 11.8 Å². The van der Waals surface area contributed by atoms with E-state index in [0.717, 1.165) is 35.3 Å². The Bertz CT molecular complexity index is 1390. The first-order valence-electron chi connectivity index (χ1n) is 12.2. The third kappa shape index (κ3) is 4.51. The molecule has 36 heavy (non-hydrogen) atoms. The number of aromatic nitrogens is 3. The summed E-state index contributed by atoms with van der Waals surface area (Å²) in [5, 5.41) is 5.53. The summed E-state index contributed by atoms with van der Waals surface area (Å²) < 4.78 is 21.1. The number of halogens is 1. The summed E-state index contributed by atoms with van der Waals surface area (Å²) in [4.78, 5) is 22.1. The van der Waals surface area contributed by atoms with E-state index in [1.54, 1.807) is 23.9 Å². The maximum Gasteiger partial charge on any atom is 0.223 e. The predicted molar refractivity (Wildman–Crippen MR) is 138 cm³/mol. The van der Waals surface area contributed by atoms with Gasteiger partial charge in [-0.05, 0) is 56.2 Å². The molecule has 7 nitrogen and oxygen atoms in total. The summed E-state index contributed by atoms with van der Waals surface area (Å²) in [5.41, 5.74) is 5.09. The Labute approximate surface area is 210 Å². The Kier molecular flexibility index (Phi) is 6.59. The van der Waals surface area contributed by atoms with Crippen LogP contribution in [-0.4, -0.2) is 58.9 Å². The number of ether oxygens (including phenoxy) is 1. The fourth-order valence-corrected chi connectivity index (χ4v) is 5.03. The summed E-state index contributed by atoms with van der Waals surface area (Å²) in [7, 11) is 1.58. The number of methoxy groups -OCH3 is 1. The predicted octanol–water partition coefficient (Wildman–Crippen LogP) is 4.47.